The van der Waals surface area contributed by atoms with Crippen molar-refractivity contribution in [3.63, 3.8) is 0 Å². The minimum Gasteiger partial charge on any atom is -0.317 e. The molecule has 1 rings (SSSR count). The standard InChI is InChI=1S/C7H16N2S/c1-9(10-2)7-3-5-8-6-4-7/h7-8H,3-6H2,1-2H3. The lowest BCUT2D eigenvalue weighted by molar-refractivity contribution is 0.318. The van der Waals surface area contributed by atoms with E-state index in [0.717, 1.165) is 6.04 Å². The quantitative estimate of drug-likeness (QED) is 0.605. The molecule has 0 amide bonds. The van der Waals surface area contributed by atoms with Crippen molar-refractivity contribution >= 4 is 11.9 Å². The van der Waals surface area contributed by atoms with Gasteiger partial charge in [0.05, 0.1) is 0 Å². The molecule has 0 atom stereocenters. The van der Waals surface area contributed by atoms with Gasteiger partial charge in [0.25, 0.3) is 0 Å². The fraction of sp³-hybridized carbons (Fsp3) is 1.00. The van der Waals surface area contributed by atoms with Gasteiger partial charge in [-0.3, -0.25) is 4.31 Å². The summed E-state index contributed by atoms with van der Waals surface area (Å²) >= 11 is 1.84. The van der Waals surface area contributed by atoms with Crippen molar-refractivity contribution in [1.82, 2.24) is 9.62 Å². The Morgan fingerprint density at radius 1 is 1.40 bits per heavy atom. The summed E-state index contributed by atoms with van der Waals surface area (Å²) < 4.78 is 2.36. The van der Waals surface area contributed by atoms with Gasteiger partial charge < -0.3 is 5.32 Å². The average molecular weight is 160 g/mol. The predicted octanol–water partition coefficient (Wildman–Crippen LogP) is 0.948. The van der Waals surface area contributed by atoms with E-state index in [1.807, 2.05) is 11.9 Å². The highest BCUT2D eigenvalue weighted by molar-refractivity contribution is 7.96. The van der Waals surface area contributed by atoms with Gasteiger partial charge in [0.2, 0.25) is 0 Å². The van der Waals surface area contributed by atoms with Crippen LogP contribution in [0.25, 0.3) is 0 Å². The van der Waals surface area contributed by atoms with Gasteiger partial charge >= 0.3 is 0 Å². The van der Waals surface area contributed by atoms with E-state index in [-0.39, 0.29) is 0 Å². The molecule has 60 valence electrons. The second kappa shape index (κ2) is 4.21. The van der Waals surface area contributed by atoms with Gasteiger partial charge in [0.1, 0.15) is 0 Å². The van der Waals surface area contributed by atoms with Gasteiger partial charge in [-0.05, 0) is 39.2 Å². The molecule has 0 radical (unpaired) electrons. The van der Waals surface area contributed by atoms with Crippen molar-refractivity contribution in [3.8, 4) is 0 Å². The van der Waals surface area contributed by atoms with Crippen LogP contribution in [0.15, 0.2) is 0 Å². The number of hydrogen-bond donors (Lipinski definition) is 1. The second-order valence-corrected chi connectivity index (χ2v) is 3.65. The first kappa shape index (κ1) is 8.37. The van der Waals surface area contributed by atoms with Crippen LogP contribution >= 0.6 is 11.9 Å². The van der Waals surface area contributed by atoms with Gasteiger partial charge in [-0.2, -0.15) is 0 Å². The largest absolute Gasteiger partial charge is 0.317 e. The molecule has 0 unspecified atom stereocenters. The molecule has 10 heavy (non-hydrogen) atoms. The normalized spacial score (nSPS) is 21.9. The fourth-order valence-electron chi connectivity index (χ4n) is 1.32. The summed E-state index contributed by atoms with van der Waals surface area (Å²) in [6.07, 6.45) is 4.75. The lowest BCUT2D eigenvalue weighted by atomic mass is 10.1. The highest BCUT2D eigenvalue weighted by atomic mass is 32.2. The molecule has 1 aliphatic rings. The van der Waals surface area contributed by atoms with Crippen molar-refractivity contribution in [2.75, 3.05) is 26.4 Å². The van der Waals surface area contributed by atoms with Gasteiger partial charge in [0.15, 0.2) is 0 Å². The minimum atomic E-state index is 0.802. The second-order valence-electron chi connectivity index (χ2n) is 2.71. The molecule has 0 aliphatic carbocycles. The van der Waals surface area contributed by atoms with Crippen LogP contribution in [0, 0.1) is 0 Å². The summed E-state index contributed by atoms with van der Waals surface area (Å²) in [4.78, 5) is 0. The molecule has 1 N–H and O–H groups in total. The summed E-state index contributed by atoms with van der Waals surface area (Å²) in [5.41, 5.74) is 0. The van der Waals surface area contributed by atoms with Crippen molar-refractivity contribution in [1.29, 1.82) is 0 Å². The van der Waals surface area contributed by atoms with Crippen LogP contribution in [0.2, 0.25) is 0 Å². The Morgan fingerprint density at radius 2 is 2.00 bits per heavy atom. The zero-order valence-electron chi connectivity index (χ0n) is 6.76. The first-order valence-electron chi connectivity index (χ1n) is 3.82. The van der Waals surface area contributed by atoms with E-state index in [0.29, 0.717) is 0 Å². The third-order valence-corrected chi connectivity index (χ3v) is 2.98. The van der Waals surface area contributed by atoms with E-state index in [9.17, 15) is 0 Å². The smallest absolute Gasteiger partial charge is 0.0223 e. The maximum atomic E-state index is 3.36. The molecule has 1 heterocycles. The molecule has 2 nitrogen and oxygen atoms in total. The van der Waals surface area contributed by atoms with Crippen LogP contribution in [0.4, 0.5) is 0 Å². The van der Waals surface area contributed by atoms with E-state index in [2.05, 4.69) is 22.9 Å². The summed E-state index contributed by atoms with van der Waals surface area (Å²) in [5, 5.41) is 3.36. The maximum absolute atomic E-state index is 3.36. The van der Waals surface area contributed by atoms with Gasteiger partial charge in [-0.25, -0.2) is 0 Å². The number of hydrogen-bond acceptors (Lipinski definition) is 3. The van der Waals surface area contributed by atoms with Crippen LogP contribution < -0.4 is 5.32 Å². The van der Waals surface area contributed by atoms with E-state index < -0.39 is 0 Å². The average Bonchev–Trinajstić information content (AvgIpc) is 2.05. The van der Waals surface area contributed by atoms with E-state index >= 15 is 0 Å². The number of piperidine rings is 1. The van der Waals surface area contributed by atoms with Crippen LogP contribution in [0.3, 0.4) is 0 Å². The molecule has 1 saturated heterocycles. The van der Waals surface area contributed by atoms with Crippen LogP contribution in [0.1, 0.15) is 12.8 Å². The molecule has 0 aromatic carbocycles. The Labute approximate surface area is 67.5 Å². The van der Waals surface area contributed by atoms with Crippen molar-refractivity contribution in [2.45, 2.75) is 18.9 Å². The Morgan fingerprint density at radius 3 is 2.50 bits per heavy atom. The summed E-state index contributed by atoms with van der Waals surface area (Å²) in [6, 6.07) is 0.802. The first-order chi connectivity index (χ1) is 4.84. The van der Waals surface area contributed by atoms with Gasteiger partial charge in [0, 0.05) is 6.04 Å². The molecule has 0 aromatic rings. The van der Waals surface area contributed by atoms with Crippen LogP contribution in [-0.2, 0) is 0 Å². The Balaban J connectivity index is 2.24. The third kappa shape index (κ3) is 2.15. The lowest BCUT2D eigenvalue weighted by Gasteiger charge is -2.29. The molecule has 1 fully saturated rings. The summed E-state index contributed by atoms with van der Waals surface area (Å²) in [5.74, 6) is 0. The van der Waals surface area contributed by atoms with Crippen molar-refractivity contribution in [2.24, 2.45) is 0 Å². The Kier molecular flexibility index (Phi) is 3.52. The van der Waals surface area contributed by atoms with Crippen molar-refractivity contribution < 1.29 is 0 Å². The fourth-order valence-corrected chi connectivity index (χ4v) is 1.83. The van der Waals surface area contributed by atoms with Crippen molar-refractivity contribution in [3.05, 3.63) is 0 Å². The molecule has 0 saturated carbocycles. The number of rotatable bonds is 2. The molecule has 1 aliphatic heterocycles. The summed E-state index contributed by atoms with van der Waals surface area (Å²) in [6.45, 7) is 2.38. The molecule has 0 bridgehead atoms. The Hall–Kier alpha value is 0.270. The van der Waals surface area contributed by atoms with Gasteiger partial charge in [-0.1, -0.05) is 11.9 Å². The highest BCUT2D eigenvalue weighted by Crippen LogP contribution is 2.15. The molecule has 0 spiro atoms. The minimum absolute atomic E-state index is 0.802. The molecular weight excluding hydrogens is 144 g/mol. The monoisotopic (exact) mass is 160 g/mol. The third-order valence-electron chi connectivity index (χ3n) is 2.11. The maximum Gasteiger partial charge on any atom is 0.0223 e. The van der Waals surface area contributed by atoms with E-state index in [1.165, 1.54) is 25.9 Å². The zero-order valence-corrected chi connectivity index (χ0v) is 7.58. The Bertz CT molecular complexity index is 91.6. The van der Waals surface area contributed by atoms with E-state index in [1.54, 1.807) is 0 Å². The predicted molar refractivity (Wildman–Crippen MR) is 47.2 cm³/mol. The zero-order chi connectivity index (χ0) is 7.40. The molecule has 3 heteroatoms. The first-order valence-corrected chi connectivity index (χ1v) is 5.00. The number of nitrogens with zero attached hydrogens (tertiary/aromatic N) is 1. The highest BCUT2D eigenvalue weighted by Gasteiger charge is 2.16. The lowest BCUT2D eigenvalue weighted by Crippen LogP contribution is -2.37. The van der Waals surface area contributed by atoms with Crippen LogP contribution in [-0.4, -0.2) is 36.7 Å². The molecule has 0 aromatic heterocycles. The molecular formula is C7H16N2S. The topological polar surface area (TPSA) is 15.3 Å². The number of nitrogens with one attached hydrogen (secondary N) is 1. The van der Waals surface area contributed by atoms with Gasteiger partial charge in [-0.15, -0.1) is 0 Å². The SMILES string of the molecule is CSN(C)C1CCNCC1. The summed E-state index contributed by atoms with van der Waals surface area (Å²) in [7, 11) is 2.18. The van der Waals surface area contributed by atoms with Crippen LogP contribution in [0.5, 0.6) is 0 Å². The van der Waals surface area contributed by atoms with E-state index in [4.69, 9.17) is 0 Å².